The molecule has 9 heteroatoms. The first kappa shape index (κ1) is 21.5. The third-order valence-electron chi connectivity index (χ3n) is 5.05. The van der Waals surface area contributed by atoms with Crippen LogP contribution in [0, 0.1) is 0 Å². The lowest BCUT2D eigenvalue weighted by Crippen LogP contribution is -2.31. The standard InChI is InChI=1S/C22H17ClN2O4S2/c1-29-17(26)10-11-24-21(28)19(31-22(24)30)18-14-7-3-5-9-16(14)25(20(18)27)12-13-6-2-4-8-15(13)23/h2-9H,10-12H2,1H3/b19-18-. The zero-order chi connectivity index (χ0) is 22.1. The van der Waals surface area contributed by atoms with Crippen LogP contribution in [0.1, 0.15) is 17.5 Å². The van der Waals surface area contributed by atoms with E-state index in [0.29, 0.717) is 26.2 Å². The molecule has 31 heavy (non-hydrogen) atoms. The third kappa shape index (κ3) is 3.98. The van der Waals surface area contributed by atoms with Crippen molar-refractivity contribution < 1.29 is 19.1 Å². The molecule has 0 radical (unpaired) electrons. The SMILES string of the molecule is COC(=O)CCN1C(=O)/C(=C2/C(=O)N(Cc3ccccc3Cl)c3ccccc32)SC1=S. The van der Waals surface area contributed by atoms with E-state index in [1.165, 1.54) is 12.0 Å². The van der Waals surface area contributed by atoms with Crippen LogP contribution in [0.4, 0.5) is 5.69 Å². The van der Waals surface area contributed by atoms with Crippen molar-refractivity contribution >= 4 is 68.9 Å². The molecule has 1 fully saturated rings. The summed E-state index contributed by atoms with van der Waals surface area (Å²) in [6.07, 6.45) is 0.0225. The predicted octanol–water partition coefficient (Wildman–Crippen LogP) is 4.02. The van der Waals surface area contributed by atoms with E-state index in [9.17, 15) is 14.4 Å². The summed E-state index contributed by atoms with van der Waals surface area (Å²) in [6.45, 7) is 0.384. The minimum Gasteiger partial charge on any atom is -0.469 e. The zero-order valence-electron chi connectivity index (χ0n) is 16.5. The lowest BCUT2D eigenvalue weighted by molar-refractivity contribution is -0.141. The molecule has 1 saturated heterocycles. The molecule has 0 bridgehead atoms. The normalized spacial score (nSPS) is 18.1. The molecule has 2 aromatic rings. The van der Waals surface area contributed by atoms with Gasteiger partial charge in [0.05, 0.1) is 36.2 Å². The van der Waals surface area contributed by atoms with Crippen molar-refractivity contribution in [2.75, 3.05) is 18.6 Å². The summed E-state index contributed by atoms with van der Waals surface area (Å²) in [5.74, 6) is -1.10. The Balaban J connectivity index is 1.70. The minimum atomic E-state index is -0.435. The predicted molar refractivity (Wildman–Crippen MR) is 125 cm³/mol. The van der Waals surface area contributed by atoms with Gasteiger partial charge in [0.15, 0.2) is 0 Å². The fourth-order valence-electron chi connectivity index (χ4n) is 3.50. The first-order chi connectivity index (χ1) is 14.9. The summed E-state index contributed by atoms with van der Waals surface area (Å²) in [5.41, 5.74) is 2.51. The van der Waals surface area contributed by atoms with Gasteiger partial charge < -0.3 is 9.64 Å². The van der Waals surface area contributed by atoms with Gasteiger partial charge >= 0.3 is 5.97 Å². The maximum atomic E-state index is 13.5. The molecule has 0 unspecified atom stereocenters. The van der Waals surface area contributed by atoms with Crippen LogP contribution in [0.2, 0.25) is 5.02 Å². The van der Waals surface area contributed by atoms with Crippen molar-refractivity contribution in [3.8, 4) is 0 Å². The number of thiocarbonyl (C=S) groups is 1. The maximum absolute atomic E-state index is 13.5. The van der Waals surface area contributed by atoms with E-state index in [1.54, 1.807) is 11.0 Å². The van der Waals surface area contributed by atoms with Gasteiger partial charge in [-0.3, -0.25) is 19.3 Å². The number of amides is 2. The largest absolute Gasteiger partial charge is 0.469 e. The number of rotatable bonds is 5. The van der Waals surface area contributed by atoms with Crippen molar-refractivity contribution in [2.45, 2.75) is 13.0 Å². The van der Waals surface area contributed by atoms with Crippen LogP contribution in [-0.2, 0) is 25.7 Å². The van der Waals surface area contributed by atoms with Crippen LogP contribution in [0.25, 0.3) is 5.57 Å². The first-order valence-corrected chi connectivity index (χ1v) is 11.0. The Bertz CT molecular complexity index is 1150. The lowest BCUT2D eigenvalue weighted by atomic mass is 10.1. The number of carbonyl (C=O) groups excluding carboxylic acids is 3. The Morgan fingerprint density at radius 2 is 1.77 bits per heavy atom. The van der Waals surface area contributed by atoms with E-state index in [0.717, 1.165) is 17.3 Å². The Hall–Kier alpha value is -2.68. The monoisotopic (exact) mass is 472 g/mol. The molecule has 158 valence electrons. The van der Waals surface area contributed by atoms with Gasteiger partial charge in [-0.15, -0.1) is 0 Å². The molecule has 0 atom stereocenters. The molecular formula is C22H17ClN2O4S2. The van der Waals surface area contributed by atoms with Crippen molar-refractivity contribution in [3.63, 3.8) is 0 Å². The third-order valence-corrected chi connectivity index (χ3v) is 6.87. The number of ether oxygens (including phenoxy) is 1. The van der Waals surface area contributed by atoms with Gasteiger partial charge in [-0.2, -0.15) is 0 Å². The van der Waals surface area contributed by atoms with E-state index in [-0.39, 0.29) is 36.2 Å². The summed E-state index contributed by atoms with van der Waals surface area (Å²) < 4.78 is 4.95. The second-order valence-corrected chi connectivity index (χ2v) is 8.91. The van der Waals surface area contributed by atoms with E-state index in [4.69, 9.17) is 23.8 Å². The summed E-state index contributed by atoms with van der Waals surface area (Å²) in [4.78, 5) is 41.3. The smallest absolute Gasteiger partial charge is 0.307 e. The molecule has 0 aliphatic carbocycles. The van der Waals surface area contributed by atoms with Crippen molar-refractivity contribution in [1.82, 2.24) is 4.90 Å². The van der Waals surface area contributed by atoms with Crippen LogP contribution < -0.4 is 4.90 Å². The number of benzene rings is 2. The molecule has 6 nitrogen and oxygen atoms in total. The molecule has 0 spiro atoms. The Labute approximate surface area is 193 Å². The van der Waals surface area contributed by atoms with E-state index in [1.807, 2.05) is 42.5 Å². The van der Waals surface area contributed by atoms with Gasteiger partial charge in [0.1, 0.15) is 4.32 Å². The number of esters is 1. The van der Waals surface area contributed by atoms with Gasteiger partial charge in [-0.25, -0.2) is 0 Å². The quantitative estimate of drug-likeness (QED) is 0.372. The summed E-state index contributed by atoms with van der Waals surface area (Å²) in [7, 11) is 1.29. The highest BCUT2D eigenvalue weighted by Crippen LogP contribution is 2.45. The lowest BCUT2D eigenvalue weighted by Gasteiger charge is -2.18. The van der Waals surface area contributed by atoms with E-state index < -0.39 is 5.97 Å². The molecule has 2 aliphatic heterocycles. The first-order valence-electron chi connectivity index (χ1n) is 9.41. The number of halogens is 1. The molecular weight excluding hydrogens is 456 g/mol. The number of hydrogen-bond acceptors (Lipinski definition) is 6. The highest BCUT2D eigenvalue weighted by atomic mass is 35.5. The molecule has 2 amide bonds. The zero-order valence-corrected chi connectivity index (χ0v) is 18.9. The number of fused-ring (bicyclic) bond motifs is 1. The number of hydrogen-bond donors (Lipinski definition) is 0. The van der Waals surface area contributed by atoms with Crippen LogP contribution in [0.3, 0.4) is 0 Å². The van der Waals surface area contributed by atoms with Crippen LogP contribution in [0.15, 0.2) is 53.4 Å². The van der Waals surface area contributed by atoms with Crippen molar-refractivity contribution in [1.29, 1.82) is 0 Å². The average molecular weight is 473 g/mol. The molecule has 0 N–H and O–H groups in total. The van der Waals surface area contributed by atoms with Crippen LogP contribution >= 0.6 is 35.6 Å². The molecule has 2 aliphatic rings. The van der Waals surface area contributed by atoms with Gasteiger partial charge in [-0.1, -0.05) is 72.0 Å². The molecule has 0 aromatic heterocycles. The Morgan fingerprint density at radius 1 is 1.06 bits per heavy atom. The van der Waals surface area contributed by atoms with Crippen LogP contribution in [0.5, 0.6) is 0 Å². The summed E-state index contributed by atoms with van der Waals surface area (Å²) >= 11 is 12.7. The molecule has 0 saturated carbocycles. The van der Waals surface area contributed by atoms with Gasteiger partial charge in [-0.05, 0) is 17.7 Å². The Kier molecular flexibility index (Phi) is 6.13. The number of nitrogens with zero attached hydrogens (tertiary/aromatic N) is 2. The number of methoxy groups -OCH3 is 1. The number of para-hydroxylation sites is 1. The van der Waals surface area contributed by atoms with Crippen molar-refractivity contribution in [2.24, 2.45) is 0 Å². The molecule has 2 aromatic carbocycles. The topological polar surface area (TPSA) is 66.9 Å². The van der Waals surface area contributed by atoms with Gasteiger partial charge in [0, 0.05) is 17.1 Å². The summed E-state index contributed by atoms with van der Waals surface area (Å²) in [6, 6.07) is 14.7. The minimum absolute atomic E-state index is 0.0225. The van der Waals surface area contributed by atoms with Gasteiger partial charge in [0.2, 0.25) is 0 Å². The molecule has 4 rings (SSSR count). The Morgan fingerprint density at radius 3 is 2.52 bits per heavy atom. The second-order valence-electron chi connectivity index (χ2n) is 6.85. The highest BCUT2D eigenvalue weighted by Gasteiger charge is 2.42. The highest BCUT2D eigenvalue weighted by molar-refractivity contribution is 8.26. The number of thioether (sulfide) groups is 1. The van der Waals surface area contributed by atoms with Crippen LogP contribution in [-0.4, -0.2) is 40.7 Å². The average Bonchev–Trinajstić information content (AvgIpc) is 3.20. The molecule has 2 heterocycles. The van der Waals surface area contributed by atoms with Gasteiger partial charge in [0.25, 0.3) is 11.8 Å². The fourth-order valence-corrected chi connectivity index (χ4v) is 5.08. The maximum Gasteiger partial charge on any atom is 0.307 e. The summed E-state index contributed by atoms with van der Waals surface area (Å²) in [5, 5.41) is 0.565. The fraction of sp³-hybridized carbons (Fsp3) is 0.182. The van der Waals surface area contributed by atoms with E-state index >= 15 is 0 Å². The second kappa shape index (κ2) is 8.82. The van der Waals surface area contributed by atoms with E-state index in [2.05, 4.69) is 4.74 Å². The number of anilines is 1. The number of carbonyl (C=O) groups is 3. The van der Waals surface area contributed by atoms with Crippen molar-refractivity contribution in [3.05, 3.63) is 69.6 Å².